The number of Topliss-reactive ketones (excluding diaryl/α,β-unsaturated/α-hetero) is 1. The second-order valence-electron chi connectivity index (χ2n) is 16.8. The van der Waals surface area contributed by atoms with Gasteiger partial charge in [-0.3, -0.25) is 4.79 Å². The first-order chi connectivity index (χ1) is 30.4. The third-order valence-corrected chi connectivity index (χ3v) is 12.4. The number of benzene rings is 4. The minimum Gasteiger partial charge on any atom is -0.444 e. The summed E-state index contributed by atoms with van der Waals surface area (Å²) in [7, 11) is 0. The number of hydrogen-bond donors (Lipinski definition) is 2. The van der Waals surface area contributed by atoms with Crippen molar-refractivity contribution in [2.24, 2.45) is 11.8 Å². The fourth-order valence-corrected chi connectivity index (χ4v) is 8.87. The molecule has 4 aromatic carbocycles. The van der Waals surface area contributed by atoms with Crippen molar-refractivity contribution in [2.45, 2.75) is 98.6 Å². The molecule has 5 aromatic rings. The quantitative estimate of drug-likeness (QED) is 0.0508. The second-order valence-corrected chi connectivity index (χ2v) is 20.5. The molecule has 0 spiro atoms. The van der Waals surface area contributed by atoms with E-state index in [4.69, 9.17) is 61.4 Å². The van der Waals surface area contributed by atoms with Crippen molar-refractivity contribution in [1.82, 2.24) is 15.6 Å². The number of halogens is 4. The molecule has 0 saturated heterocycles. The molecule has 0 fully saturated rings. The first kappa shape index (κ1) is 54.5. The number of alkyl carbamates (subject to hydrolysis) is 1. The van der Waals surface area contributed by atoms with Crippen LogP contribution in [0.25, 0.3) is 11.3 Å². The Kier molecular flexibility index (Phi) is 24.1. The Morgan fingerprint density at radius 2 is 1.44 bits per heavy atom. The molecule has 8 nitrogen and oxygen atoms in total. The first-order valence-corrected chi connectivity index (χ1v) is 24.6. The number of thioether (sulfide) groups is 1. The Hall–Kier alpha value is -3.79. The molecular weight excluding hydrogens is 925 g/mol. The number of thiazole rings is 1. The standard InChI is InChI=1S/C23H26Cl2N2S.C14H22N2O2.C13H13Cl2NOS/c1-4-12-27(15-17-8-6-5-7-9-17)23-26-22(21(28-23)13-16(2)3)18-10-11-19(24)20(25)14-18;1-14(2,3)18-13(17)16-10-9-15-11-12-7-5-4-6-8-12;1-8(2)5-12(18-7-16)13(17)9-3-4-10(14)11(15)6-9/h5-11,14,16H,4,12-13,15H2,1-3H3;4-8,15H,9-11H2,1-3H3,(H,16,17);3-4,6,8,12H,5H2,1-2H3. The second kappa shape index (κ2) is 28.3. The Bertz CT molecular complexity index is 2230. The summed E-state index contributed by atoms with van der Waals surface area (Å²) >= 11 is 26.9. The highest BCUT2D eigenvalue weighted by atomic mass is 35.5. The highest BCUT2D eigenvalue weighted by molar-refractivity contribution is 8.05. The third-order valence-electron chi connectivity index (χ3n) is 8.97. The van der Waals surface area contributed by atoms with E-state index in [1.165, 1.54) is 16.0 Å². The van der Waals surface area contributed by atoms with E-state index in [0.717, 1.165) is 60.6 Å². The van der Waals surface area contributed by atoms with Crippen LogP contribution in [0.3, 0.4) is 0 Å². The van der Waals surface area contributed by atoms with Crippen molar-refractivity contribution < 1.29 is 14.3 Å². The molecule has 1 unspecified atom stereocenters. The molecule has 0 aliphatic carbocycles. The number of thiocyanates is 1. The number of carbonyl (C=O) groups is 2. The molecule has 14 heteroatoms. The van der Waals surface area contributed by atoms with Gasteiger partial charge in [-0.05, 0) is 105 Å². The van der Waals surface area contributed by atoms with Gasteiger partial charge >= 0.3 is 6.09 Å². The maximum Gasteiger partial charge on any atom is 0.407 e. The lowest BCUT2D eigenvalue weighted by Crippen LogP contribution is -2.36. The normalized spacial score (nSPS) is 11.5. The molecule has 0 aliphatic heterocycles. The summed E-state index contributed by atoms with van der Waals surface area (Å²) in [5.41, 5.74) is 4.65. The van der Waals surface area contributed by atoms with Crippen molar-refractivity contribution in [2.75, 3.05) is 24.5 Å². The van der Waals surface area contributed by atoms with Crippen molar-refractivity contribution in [1.29, 1.82) is 5.26 Å². The van der Waals surface area contributed by atoms with Gasteiger partial charge in [0.2, 0.25) is 0 Å². The largest absolute Gasteiger partial charge is 0.444 e. The van der Waals surface area contributed by atoms with Crippen molar-refractivity contribution in [3.8, 4) is 16.7 Å². The summed E-state index contributed by atoms with van der Waals surface area (Å²) in [6, 6.07) is 31.3. The van der Waals surface area contributed by atoms with E-state index in [1.807, 2.05) is 76.4 Å². The maximum atomic E-state index is 12.3. The van der Waals surface area contributed by atoms with E-state index < -0.39 is 5.60 Å². The molecule has 1 atom stereocenters. The predicted octanol–water partition coefficient (Wildman–Crippen LogP) is 14.8. The van der Waals surface area contributed by atoms with Crippen molar-refractivity contribution >= 4 is 86.5 Å². The Labute approximate surface area is 409 Å². The summed E-state index contributed by atoms with van der Waals surface area (Å²) in [4.78, 5) is 32.3. The third kappa shape index (κ3) is 20.2. The van der Waals surface area contributed by atoms with Crippen LogP contribution < -0.4 is 15.5 Å². The number of ether oxygens (including phenoxy) is 1. The number of nitrogens with one attached hydrogen (secondary N) is 2. The molecule has 0 radical (unpaired) electrons. The summed E-state index contributed by atoms with van der Waals surface area (Å²) in [6.45, 7) is 20.2. The monoisotopic (exact) mass is 983 g/mol. The Morgan fingerprint density at radius 3 is 1.98 bits per heavy atom. The fraction of sp³-hybridized carbons (Fsp3) is 0.400. The van der Waals surface area contributed by atoms with E-state index >= 15 is 0 Å². The van der Waals surface area contributed by atoms with Gasteiger partial charge in [-0.2, -0.15) is 5.26 Å². The Morgan fingerprint density at radius 1 is 0.828 bits per heavy atom. The molecule has 2 N–H and O–H groups in total. The van der Waals surface area contributed by atoms with E-state index in [-0.39, 0.29) is 17.1 Å². The molecule has 1 amide bonds. The highest BCUT2D eigenvalue weighted by Gasteiger charge is 2.23. The van der Waals surface area contributed by atoms with Gasteiger partial charge in [0, 0.05) is 48.7 Å². The molecule has 5 rings (SSSR count). The van der Waals surface area contributed by atoms with Crippen molar-refractivity contribution in [3.05, 3.63) is 139 Å². The van der Waals surface area contributed by atoms with Crippen LogP contribution in [0.1, 0.15) is 94.6 Å². The van der Waals surface area contributed by atoms with E-state index in [0.29, 0.717) is 57.0 Å². The lowest BCUT2D eigenvalue weighted by molar-refractivity contribution is 0.0528. The van der Waals surface area contributed by atoms with Crippen LogP contribution in [-0.2, 0) is 24.2 Å². The molecule has 344 valence electrons. The molecule has 0 aliphatic rings. The highest BCUT2D eigenvalue weighted by Crippen LogP contribution is 2.37. The molecule has 0 bridgehead atoms. The number of anilines is 1. The topological polar surface area (TPSA) is 107 Å². The molecule has 64 heavy (non-hydrogen) atoms. The average molecular weight is 986 g/mol. The zero-order valence-electron chi connectivity index (χ0n) is 38.0. The SMILES string of the molecule is CC(C)(C)OC(=O)NCCNCc1ccccc1.CC(C)CC(SC#N)C(=O)c1ccc(Cl)c(Cl)c1.CCCN(Cc1ccccc1)c1nc(-c2ccc(Cl)c(Cl)c2)c(CC(C)C)s1. The zero-order chi connectivity index (χ0) is 47.2. The van der Waals surface area contributed by atoms with E-state index in [1.54, 1.807) is 29.5 Å². The van der Waals surface area contributed by atoms with Crippen molar-refractivity contribution in [3.63, 3.8) is 0 Å². The fourth-order valence-electron chi connectivity index (χ4n) is 6.10. The lowest BCUT2D eigenvalue weighted by Gasteiger charge is -2.21. The minimum absolute atomic E-state index is 0.0752. The Balaban J connectivity index is 0.000000267. The van der Waals surface area contributed by atoms with E-state index in [9.17, 15) is 9.59 Å². The number of carbonyl (C=O) groups excluding carboxylic acids is 2. The minimum atomic E-state index is -0.443. The number of aromatic nitrogens is 1. The summed E-state index contributed by atoms with van der Waals surface area (Å²) in [5, 5.41) is 19.3. The first-order valence-electron chi connectivity index (χ1n) is 21.4. The number of rotatable bonds is 18. The van der Waals surface area contributed by atoms with Crippen LogP contribution in [0.15, 0.2) is 97.1 Å². The number of nitriles is 1. The van der Waals surface area contributed by atoms with Gasteiger partial charge in [0.15, 0.2) is 10.9 Å². The summed E-state index contributed by atoms with van der Waals surface area (Å²) in [5.74, 6) is 0.833. The smallest absolute Gasteiger partial charge is 0.407 e. The maximum absolute atomic E-state index is 12.3. The van der Waals surface area contributed by atoms with Gasteiger partial charge in [-0.25, -0.2) is 9.78 Å². The average Bonchev–Trinajstić information content (AvgIpc) is 3.65. The van der Waals surface area contributed by atoms with Crippen LogP contribution in [0, 0.1) is 22.5 Å². The summed E-state index contributed by atoms with van der Waals surface area (Å²) < 4.78 is 5.12. The molecule has 1 aromatic heterocycles. The van der Waals surface area contributed by atoms with Gasteiger partial charge in [0.05, 0.1) is 31.0 Å². The van der Waals surface area contributed by atoms with Crippen LogP contribution >= 0.6 is 69.5 Å². The zero-order valence-corrected chi connectivity index (χ0v) is 42.7. The lowest BCUT2D eigenvalue weighted by atomic mass is 10.0. The van der Waals surface area contributed by atoms with Crippen LogP contribution in [-0.4, -0.2) is 47.3 Å². The van der Waals surface area contributed by atoms with Crippen LogP contribution in [0.2, 0.25) is 20.1 Å². The predicted molar refractivity (Wildman–Crippen MR) is 274 cm³/mol. The molecular formula is C50H61Cl4N5O3S2. The number of amides is 1. The number of hydrogen-bond acceptors (Lipinski definition) is 9. The van der Waals surface area contributed by atoms with Gasteiger partial charge in [0.25, 0.3) is 0 Å². The van der Waals surface area contributed by atoms with Crippen LogP contribution in [0.4, 0.5) is 9.93 Å². The van der Waals surface area contributed by atoms with Gasteiger partial charge in [-0.1, -0.05) is 148 Å². The van der Waals surface area contributed by atoms with Gasteiger partial charge < -0.3 is 20.3 Å². The van der Waals surface area contributed by atoms with E-state index in [2.05, 4.69) is 78.8 Å². The number of ketones is 1. The summed E-state index contributed by atoms with van der Waals surface area (Å²) in [6.07, 6.45) is 2.37. The van der Waals surface area contributed by atoms with Crippen LogP contribution in [0.5, 0.6) is 0 Å². The number of nitrogens with zero attached hydrogens (tertiary/aromatic N) is 3. The van der Waals surface area contributed by atoms with Gasteiger partial charge in [0.1, 0.15) is 11.0 Å². The van der Waals surface area contributed by atoms with Gasteiger partial charge in [-0.15, -0.1) is 11.3 Å². The molecule has 1 heterocycles. The molecule has 0 saturated carbocycles.